The SMILES string of the molecule is CN(C)S(=O)(=O)N(C)CC/C(N)=N/O. The standard InChI is InChI=1S/C6H16N4O3S/c1-9(2)14(12,13)10(3)5-4-6(7)8-11/h11H,4-5H2,1-3H3,(H2,7,8). The highest BCUT2D eigenvalue weighted by molar-refractivity contribution is 7.86. The van der Waals surface area contributed by atoms with E-state index in [1.165, 1.54) is 21.1 Å². The molecule has 14 heavy (non-hydrogen) atoms. The molecule has 0 aromatic heterocycles. The second-order valence-corrected chi connectivity index (χ2v) is 5.20. The predicted octanol–water partition coefficient (Wildman–Crippen LogP) is -1.14. The van der Waals surface area contributed by atoms with Crippen LogP contribution in [0.4, 0.5) is 0 Å². The smallest absolute Gasteiger partial charge is 0.281 e. The molecule has 84 valence electrons. The summed E-state index contributed by atoms with van der Waals surface area (Å²) in [4.78, 5) is 0. The van der Waals surface area contributed by atoms with Crippen LogP contribution in [0.25, 0.3) is 0 Å². The minimum atomic E-state index is -3.41. The highest BCUT2D eigenvalue weighted by atomic mass is 32.2. The lowest BCUT2D eigenvalue weighted by Crippen LogP contribution is -2.38. The number of nitrogens with zero attached hydrogens (tertiary/aromatic N) is 3. The quantitative estimate of drug-likeness (QED) is 0.267. The minimum absolute atomic E-state index is 0.00538. The molecule has 0 aliphatic heterocycles. The van der Waals surface area contributed by atoms with Crippen molar-refractivity contribution in [3.8, 4) is 0 Å². The van der Waals surface area contributed by atoms with E-state index in [9.17, 15) is 8.42 Å². The highest BCUT2D eigenvalue weighted by Gasteiger charge is 2.19. The third kappa shape index (κ3) is 3.48. The molecule has 0 bridgehead atoms. The minimum Gasteiger partial charge on any atom is -0.409 e. The first kappa shape index (κ1) is 13.1. The van der Waals surface area contributed by atoms with Crippen molar-refractivity contribution < 1.29 is 13.6 Å². The van der Waals surface area contributed by atoms with Crippen LogP contribution in [-0.4, -0.2) is 55.8 Å². The molecule has 0 saturated carbocycles. The largest absolute Gasteiger partial charge is 0.409 e. The second kappa shape index (κ2) is 5.13. The van der Waals surface area contributed by atoms with Crippen LogP contribution in [0, 0.1) is 0 Å². The molecule has 8 heteroatoms. The van der Waals surface area contributed by atoms with Crippen LogP contribution in [0.3, 0.4) is 0 Å². The van der Waals surface area contributed by atoms with Crippen molar-refractivity contribution in [2.24, 2.45) is 10.9 Å². The number of hydrogen-bond donors (Lipinski definition) is 2. The normalized spacial score (nSPS) is 13.9. The van der Waals surface area contributed by atoms with Crippen molar-refractivity contribution in [3.63, 3.8) is 0 Å². The Morgan fingerprint density at radius 2 is 1.93 bits per heavy atom. The number of amidine groups is 1. The molecule has 3 N–H and O–H groups in total. The average molecular weight is 224 g/mol. The molecule has 0 atom stereocenters. The van der Waals surface area contributed by atoms with Gasteiger partial charge in [0, 0.05) is 34.1 Å². The van der Waals surface area contributed by atoms with Gasteiger partial charge in [-0.3, -0.25) is 0 Å². The highest BCUT2D eigenvalue weighted by Crippen LogP contribution is 2.01. The van der Waals surface area contributed by atoms with E-state index in [0.717, 1.165) is 8.61 Å². The summed E-state index contributed by atoms with van der Waals surface area (Å²) in [6, 6.07) is 0. The maximum atomic E-state index is 11.4. The first-order valence-electron chi connectivity index (χ1n) is 3.92. The van der Waals surface area contributed by atoms with Crippen molar-refractivity contribution in [1.82, 2.24) is 8.61 Å². The van der Waals surface area contributed by atoms with E-state index >= 15 is 0 Å². The summed E-state index contributed by atoms with van der Waals surface area (Å²) in [5.74, 6) is 0.00538. The summed E-state index contributed by atoms with van der Waals surface area (Å²) in [6.07, 6.45) is 0.195. The third-order valence-corrected chi connectivity index (χ3v) is 3.56. The van der Waals surface area contributed by atoms with Crippen molar-refractivity contribution in [2.45, 2.75) is 6.42 Å². The Bertz CT molecular complexity index is 298. The summed E-state index contributed by atoms with van der Waals surface area (Å²) >= 11 is 0. The van der Waals surface area contributed by atoms with Gasteiger partial charge in [-0.2, -0.15) is 17.0 Å². The lowest BCUT2D eigenvalue weighted by Gasteiger charge is -2.20. The van der Waals surface area contributed by atoms with Gasteiger partial charge in [-0.05, 0) is 0 Å². The molecule has 0 fully saturated rings. The van der Waals surface area contributed by atoms with Gasteiger partial charge in [-0.15, -0.1) is 0 Å². The zero-order valence-electron chi connectivity index (χ0n) is 8.51. The molecule has 0 saturated heterocycles. The maximum Gasteiger partial charge on any atom is 0.281 e. The zero-order valence-corrected chi connectivity index (χ0v) is 9.32. The molecule has 0 rings (SSSR count). The van der Waals surface area contributed by atoms with Crippen LogP contribution < -0.4 is 5.73 Å². The Morgan fingerprint density at radius 1 is 1.43 bits per heavy atom. The second-order valence-electron chi connectivity index (χ2n) is 2.95. The predicted molar refractivity (Wildman–Crippen MR) is 53.3 cm³/mol. The van der Waals surface area contributed by atoms with Gasteiger partial charge in [0.25, 0.3) is 10.2 Å². The topological polar surface area (TPSA) is 99.2 Å². The van der Waals surface area contributed by atoms with Gasteiger partial charge in [0.2, 0.25) is 0 Å². The molecule has 0 unspecified atom stereocenters. The van der Waals surface area contributed by atoms with E-state index in [4.69, 9.17) is 10.9 Å². The molecule has 0 radical (unpaired) electrons. The first-order chi connectivity index (χ1) is 6.32. The Kier molecular flexibility index (Phi) is 4.81. The summed E-state index contributed by atoms with van der Waals surface area (Å²) < 4.78 is 25.1. The first-order valence-corrected chi connectivity index (χ1v) is 5.32. The fourth-order valence-corrected chi connectivity index (χ4v) is 1.60. The lowest BCUT2D eigenvalue weighted by atomic mass is 10.4. The average Bonchev–Trinajstić information content (AvgIpc) is 2.12. The number of nitrogens with two attached hydrogens (primary N) is 1. The van der Waals surface area contributed by atoms with Crippen LogP contribution >= 0.6 is 0 Å². The molecule has 7 nitrogen and oxygen atoms in total. The number of rotatable bonds is 5. The Balaban J connectivity index is 4.30. The molecule has 0 aliphatic rings. The van der Waals surface area contributed by atoms with Crippen molar-refractivity contribution in [3.05, 3.63) is 0 Å². The Morgan fingerprint density at radius 3 is 2.29 bits per heavy atom. The van der Waals surface area contributed by atoms with Crippen molar-refractivity contribution in [2.75, 3.05) is 27.7 Å². The van der Waals surface area contributed by atoms with Gasteiger partial charge in [0.15, 0.2) is 0 Å². The van der Waals surface area contributed by atoms with E-state index in [1.807, 2.05) is 0 Å². The van der Waals surface area contributed by atoms with Gasteiger partial charge in [-0.25, -0.2) is 0 Å². The molecular weight excluding hydrogens is 208 g/mol. The molecule has 0 aliphatic carbocycles. The lowest BCUT2D eigenvalue weighted by molar-refractivity contribution is 0.316. The van der Waals surface area contributed by atoms with Gasteiger partial charge >= 0.3 is 0 Å². The molecule has 0 amide bonds. The number of hydrogen-bond acceptors (Lipinski definition) is 4. The third-order valence-electron chi connectivity index (χ3n) is 1.67. The fraction of sp³-hybridized carbons (Fsp3) is 0.833. The van der Waals surface area contributed by atoms with E-state index in [1.54, 1.807) is 0 Å². The summed E-state index contributed by atoms with van der Waals surface area (Å²) in [6.45, 7) is 0.177. The Labute approximate surface area is 84.0 Å². The van der Waals surface area contributed by atoms with Gasteiger partial charge < -0.3 is 10.9 Å². The summed E-state index contributed by atoms with van der Waals surface area (Å²) in [5.41, 5.74) is 5.21. The Hall–Kier alpha value is -0.860. The van der Waals surface area contributed by atoms with E-state index in [2.05, 4.69) is 5.16 Å². The van der Waals surface area contributed by atoms with Crippen molar-refractivity contribution >= 4 is 16.0 Å². The maximum absolute atomic E-state index is 11.4. The number of oxime groups is 1. The van der Waals surface area contributed by atoms with Crippen LogP contribution in [0.2, 0.25) is 0 Å². The van der Waals surface area contributed by atoms with Crippen LogP contribution in [0.1, 0.15) is 6.42 Å². The molecule has 0 aromatic carbocycles. The van der Waals surface area contributed by atoms with E-state index in [0.29, 0.717) is 0 Å². The van der Waals surface area contributed by atoms with Crippen LogP contribution in [-0.2, 0) is 10.2 Å². The molecule has 0 spiro atoms. The van der Waals surface area contributed by atoms with Crippen LogP contribution in [0.5, 0.6) is 0 Å². The molecular formula is C6H16N4O3S. The summed E-state index contributed by atoms with van der Waals surface area (Å²) in [5, 5.41) is 11.0. The van der Waals surface area contributed by atoms with Gasteiger partial charge in [0.05, 0.1) is 0 Å². The van der Waals surface area contributed by atoms with Crippen LogP contribution in [0.15, 0.2) is 5.16 Å². The van der Waals surface area contributed by atoms with E-state index in [-0.39, 0.29) is 18.8 Å². The fourth-order valence-electron chi connectivity index (χ4n) is 0.716. The monoisotopic (exact) mass is 224 g/mol. The summed E-state index contributed by atoms with van der Waals surface area (Å²) in [7, 11) is 0.904. The van der Waals surface area contributed by atoms with Gasteiger partial charge in [-0.1, -0.05) is 5.16 Å². The molecule has 0 heterocycles. The zero-order chi connectivity index (χ0) is 11.4. The van der Waals surface area contributed by atoms with Gasteiger partial charge in [0.1, 0.15) is 5.84 Å². The molecule has 0 aromatic rings. The van der Waals surface area contributed by atoms with Crippen molar-refractivity contribution in [1.29, 1.82) is 0 Å². The van der Waals surface area contributed by atoms with E-state index < -0.39 is 10.2 Å².